The van der Waals surface area contributed by atoms with Crippen molar-refractivity contribution in [2.75, 3.05) is 36.5 Å². The lowest BCUT2D eigenvalue weighted by atomic mass is 9.94. The van der Waals surface area contributed by atoms with Gasteiger partial charge in [-0.1, -0.05) is 24.3 Å². The number of nitrogens with one attached hydrogen (secondary N) is 1. The van der Waals surface area contributed by atoms with Crippen molar-refractivity contribution in [1.29, 1.82) is 0 Å². The predicted molar refractivity (Wildman–Crippen MR) is 121 cm³/mol. The van der Waals surface area contributed by atoms with Gasteiger partial charge in [-0.05, 0) is 66.1 Å². The van der Waals surface area contributed by atoms with Crippen molar-refractivity contribution in [2.45, 2.75) is 6.92 Å². The van der Waals surface area contributed by atoms with Gasteiger partial charge in [-0.2, -0.15) is 0 Å². The minimum atomic E-state index is -0.527. The number of ether oxygens (including phenoxy) is 1. The number of aryl methyl sites for hydroxylation is 1. The van der Waals surface area contributed by atoms with E-state index in [-0.39, 0.29) is 5.91 Å². The zero-order valence-corrected chi connectivity index (χ0v) is 17.4. The van der Waals surface area contributed by atoms with Gasteiger partial charge in [0.25, 0.3) is 5.91 Å². The normalized spacial score (nSPS) is 13.6. The fraction of sp³-hybridized carbons (Fsp3) is 0.200. The number of nitrogens with zero attached hydrogens (tertiary/aromatic N) is 1. The van der Waals surface area contributed by atoms with Crippen molar-refractivity contribution in [2.24, 2.45) is 5.73 Å². The van der Waals surface area contributed by atoms with Gasteiger partial charge in [-0.25, -0.2) is 0 Å². The molecule has 0 spiro atoms. The average molecular weight is 414 g/mol. The quantitative estimate of drug-likeness (QED) is 0.667. The average Bonchev–Trinajstić information content (AvgIpc) is 2.80. The lowest BCUT2D eigenvalue weighted by Gasteiger charge is -2.28. The van der Waals surface area contributed by atoms with Crippen LogP contribution in [0.1, 0.15) is 26.3 Å². The third kappa shape index (κ3) is 4.59. The van der Waals surface area contributed by atoms with Gasteiger partial charge in [-0.15, -0.1) is 0 Å². The number of benzene rings is 3. The van der Waals surface area contributed by atoms with Crippen molar-refractivity contribution < 1.29 is 14.3 Å². The van der Waals surface area contributed by atoms with Crippen LogP contribution in [-0.2, 0) is 4.74 Å². The molecule has 1 heterocycles. The molecule has 4 rings (SSSR count). The number of anilines is 2. The highest BCUT2D eigenvalue weighted by Crippen LogP contribution is 2.27. The Morgan fingerprint density at radius 3 is 2.32 bits per heavy atom. The number of amides is 2. The summed E-state index contributed by atoms with van der Waals surface area (Å²) in [7, 11) is 0. The summed E-state index contributed by atoms with van der Waals surface area (Å²) in [5, 5.41) is 2.93. The molecule has 0 atom stereocenters. The van der Waals surface area contributed by atoms with Crippen molar-refractivity contribution in [3.05, 3.63) is 83.4 Å². The number of carbonyl (C=O) groups excluding carboxylic acids is 2. The molecule has 1 aliphatic rings. The summed E-state index contributed by atoms with van der Waals surface area (Å²) in [6.45, 7) is 5.12. The molecule has 3 N–H and O–H groups in total. The molecule has 2 amide bonds. The highest BCUT2D eigenvalue weighted by Gasteiger charge is 2.14. The highest BCUT2D eigenvalue weighted by atomic mass is 16.5. The first-order valence-corrected chi connectivity index (χ1v) is 10.2. The maximum Gasteiger partial charge on any atom is 0.255 e. The molecule has 3 aromatic rings. The molecular weight excluding hydrogens is 390 g/mol. The van der Waals surface area contributed by atoms with Gasteiger partial charge in [0.2, 0.25) is 5.91 Å². The third-order valence-electron chi connectivity index (χ3n) is 5.39. The summed E-state index contributed by atoms with van der Waals surface area (Å²) in [6.07, 6.45) is 0. The maximum absolute atomic E-state index is 12.7. The van der Waals surface area contributed by atoms with Gasteiger partial charge in [0.1, 0.15) is 0 Å². The molecule has 6 heteroatoms. The molecule has 3 aromatic carbocycles. The minimum Gasteiger partial charge on any atom is -0.378 e. The fourth-order valence-electron chi connectivity index (χ4n) is 3.74. The second-order valence-electron chi connectivity index (χ2n) is 7.45. The number of primary amides is 1. The first-order valence-electron chi connectivity index (χ1n) is 10.2. The molecule has 1 fully saturated rings. The molecule has 1 radical (unpaired) electrons. The van der Waals surface area contributed by atoms with Crippen LogP contribution in [0.5, 0.6) is 0 Å². The van der Waals surface area contributed by atoms with Gasteiger partial charge in [-0.3, -0.25) is 9.59 Å². The van der Waals surface area contributed by atoms with E-state index >= 15 is 0 Å². The Kier molecular flexibility index (Phi) is 6.00. The van der Waals surface area contributed by atoms with Crippen LogP contribution in [-0.4, -0.2) is 38.1 Å². The van der Waals surface area contributed by atoms with E-state index in [0.717, 1.165) is 54.4 Å². The van der Waals surface area contributed by atoms with E-state index in [2.05, 4.69) is 16.3 Å². The Morgan fingerprint density at radius 1 is 1.00 bits per heavy atom. The van der Waals surface area contributed by atoms with Crippen molar-refractivity contribution >= 4 is 23.2 Å². The number of hydrogen-bond acceptors (Lipinski definition) is 4. The van der Waals surface area contributed by atoms with E-state index in [1.54, 1.807) is 18.2 Å². The van der Waals surface area contributed by atoms with E-state index in [1.165, 1.54) is 0 Å². The lowest BCUT2D eigenvalue weighted by Crippen LogP contribution is -2.36. The molecule has 0 saturated carbocycles. The topological polar surface area (TPSA) is 84.7 Å². The van der Waals surface area contributed by atoms with Crippen LogP contribution in [0.15, 0.2) is 60.7 Å². The largest absolute Gasteiger partial charge is 0.378 e. The second-order valence-corrected chi connectivity index (χ2v) is 7.45. The van der Waals surface area contributed by atoms with Crippen LogP contribution in [0.3, 0.4) is 0 Å². The maximum atomic E-state index is 12.7. The van der Waals surface area contributed by atoms with E-state index in [4.69, 9.17) is 10.5 Å². The Hall–Kier alpha value is -3.64. The van der Waals surface area contributed by atoms with Crippen LogP contribution < -0.4 is 16.0 Å². The van der Waals surface area contributed by atoms with Gasteiger partial charge >= 0.3 is 0 Å². The smallest absolute Gasteiger partial charge is 0.255 e. The lowest BCUT2D eigenvalue weighted by molar-refractivity contribution is 0.0997. The van der Waals surface area contributed by atoms with Crippen LogP contribution in [0.2, 0.25) is 0 Å². The number of carbonyl (C=O) groups is 2. The first kappa shape index (κ1) is 20.6. The van der Waals surface area contributed by atoms with Crippen molar-refractivity contribution in [3.63, 3.8) is 0 Å². The van der Waals surface area contributed by atoms with Crippen LogP contribution >= 0.6 is 0 Å². The molecule has 1 saturated heterocycles. The number of hydrogen-bond donors (Lipinski definition) is 2. The monoisotopic (exact) mass is 414 g/mol. The Labute approximate surface area is 181 Å². The fourth-order valence-corrected chi connectivity index (χ4v) is 3.74. The Balaban J connectivity index is 1.47. The summed E-state index contributed by atoms with van der Waals surface area (Å²) in [5.41, 5.74) is 10.7. The van der Waals surface area contributed by atoms with Gasteiger partial charge in [0.05, 0.1) is 18.8 Å². The molecule has 0 unspecified atom stereocenters. The minimum absolute atomic E-state index is 0.197. The van der Waals surface area contributed by atoms with E-state index < -0.39 is 5.91 Å². The molecule has 1 aliphatic heterocycles. The number of morpholine rings is 1. The summed E-state index contributed by atoms with van der Waals surface area (Å²) in [4.78, 5) is 26.7. The number of rotatable bonds is 5. The number of nitrogens with two attached hydrogens (primary N) is 1. The molecule has 0 bridgehead atoms. The first-order chi connectivity index (χ1) is 15.0. The summed E-state index contributed by atoms with van der Waals surface area (Å²) >= 11 is 0. The predicted octanol–water partition coefficient (Wildman–Crippen LogP) is 3.65. The van der Waals surface area contributed by atoms with Gasteiger partial charge < -0.3 is 20.7 Å². The second kappa shape index (κ2) is 9.02. The highest BCUT2D eigenvalue weighted by molar-refractivity contribution is 6.05. The third-order valence-corrected chi connectivity index (χ3v) is 5.39. The Bertz CT molecular complexity index is 1090. The van der Waals surface area contributed by atoms with Crippen LogP contribution in [0, 0.1) is 13.0 Å². The van der Waals surface area contributed by atoms with Gasteiger partial charge in [0, 0.05) is 30.0 Å². The van der Waals surface area contributed by atoms with Crippen LogP contribution in [0.25, 0.3) is 11.1 Å². The summed E-state index contributed by atoms with van der Waals surface area (Å²) < 4.78 is 5.38. The molecule has 0 aliphatic carbocycles. The molecule has 31 heavy (non-hydrogen) atoms. The van der Waals surface area contributed by atoms with Gasteiger partial charge in [0.15, 0.2) is 0 Å². The molecular formula is C25H24N3O3. The molecule has 157 valence electrons. The zero-order chi connectivity index (χ0) is 21.8. The van der Waals surface area contributed by atoms with Crippen molar-refractivity contribution in [1.82, 2.24) is 0 Å². The molecule has 6 nitrogen and oxygen atoms in total. The van der Waals surface area contributed by atoms with E-state index in [1.807, 2.05) is 49.4 Å². The van der Waals surface area contributed by atoms with E-state index in [0.29, 0.717) is 11.1 Å². The van der Waals surface area contributed by atoms with Crippen molar-refractivity contribution in [3.8, 4) is 11.1 Å². The standard InChI is InChI=1S/C25H24N3O3/c1-17-3-2-4-22(24(26)29)23(17)18-5-7-19(8-6-18)25(30)27-20-9-11-21(12-10-20)28-13-15-31-16-14-28/h2-3,5-12H,13-16H2,1H3,(H2,26,29)(H,27,30). The van der Waals surface area contributed by atoms with E-state index in [9.17, 15) is 9.59 Å². The van der Waals surface area contributed by atoms with Crippen LogP contribution in [0.4, 0.5) is 11.4 Å². The summed E-state index contributed by atoms with van der Waals surface area (Å²) in [6, 6.07) is 21.4. The summed E-state index contributed by atoms with van der Waals surface area (Å²) in [5.74, 6) is -0.724. The molecule has 0 aromatic heterocycles. The zero-order valence-electron chi connectivity index (χ0n) is 17.4. The Morgan fingerprint density at radius 2 is 1.68 bits per heavy atom. The SMILES string of the molecule is Cc1cc[c]c(C(N)=O)c1-c1ccc(C(=O)Nc2ccc(N3CCOCC3)cc2)cc1.